The van der Waals surface area contributed by atoms with E-state index in [2.05, 4.69) is 92.0 Å². The van der Waals surface area contributed by atoms with Gasteiger partial charge in [0.1, 0.15) is 0 Å². The van der Waals surface area contributed by atoms with Crippen molar-refractivity contribution < 1.29 is 0 Å². The summed E-state index contributed by atoms with van der Waals surface area (Å²) in [5.74, 6) is 0.920. The second-order valence-electron chi connectivity index (χ2n) is 10.9. The van der Waals surface area contributed by atoms with E-state index in [0.29, 0.717) is 6.04 Å². The third-order valence-electron chi connectivity index (χ3n) is 7.30. The van der Waals surface area contributed by atoms with Gasteiger partial charge in [-0.05, 0) is 74.0 Å². The van der Waals surface area contributed by atoms with E-state index < -0.39 is 0 Å². The van der Waals surface area contributed by atoms with Crippen LogP contribution < -0.4 is 5.32 Å². The van der Waals surface area contributed by atoms with Crippen molar-refractivity contribution in [3.63, 3.8) is 0 Å². The molecule has 4 rings (SSSR count). The normalized spacial score (nSPS) is 21.4. The molecule has 3 nitrogen and oxygen atoms in total. The maximum atomic E-state index is 6.13. The van der Waals surface area contributed by atoms with Gasteiger partial charge in [0.15, 0.2) is 0 Å². The van der Waals surface area contributed by atoms with Crippen LogP contribution >= 0.6 is 11.6 Å². The monoisotopic (exact) mass is 481 g/mol. The lowest BCUT2D eigenvalue weighted by Crippen LogP contribution is -2.57. The Morgan fingerprint density at radius 2 is 1.62 bits per heavy atom. The SMILES string of the molecule is C=CCC1CCNCC1.CN1CCN(C(c2ccccc2)c2ccc(Cl)cc2)CC1C(C)(C)C. The minimum Gasteiger partial charge on any atom is -0.317 e. The largest absolute Gasteiger partial charge is 0.317 e. The number of benzene rings is 2. The van der Waals surface area contributed by atoms with Crippen molar-refractivity contribution in [2.75, 3.05) is 39.8 Å². The molecule has 2 aromatic rings. The second kappa shape index (κ2) is 12.9. The molecule has 2 aliphatic rings. The molecule has 0 saturated carbocycles. The van der Waals surface area contributed by atoms with E-state index in [9.17, 15) is 0 Å². The van der Waals surface area contributed by atoms with Crippen LogP contribution in [0.5, 0.6) is 0 Å². The molecule has 2 unspecified atom stereocenters. The molecule has 2 atom stereocenters. The maximum Gasteiger partial charge on any atom is 0.0602 e. The highest BCUT2D eigenvalue weighted by Crippen LogP contribution is 2.34. The smallest absolute Gasteiger partial charge is 0.0602 e. The molecule has 0 spiro atoms. The van der Waals surface area contributed by atoms with Crippen LogP contribution in [0.3, 0.4) is 0 Å². The molecular formula is C30H44ClN3. The number of nitrogens with one attached hydrogen (secondary N) is 1. The Labute approximate surface area is 213 Å². The molecule has 2 aliphatic heterocycles. The highest BCUT2D eigenvalue weighted by Gasteiger charge is 2.36. The van der Waals surface area contributed by atoms with Gasteiger partial charge < -0.3 is 10.2 Å². The Kier molecular flexibility index (Phi) is 10.2. The molecule has 34 heavy (non-hydrogen) atoms. The molecule has 0 radical (unpaired) electrons. The van der Waals surface area contributed by atoms with E-state index in [0.717, 1.165) is 30.6 Å². The van der Waals surface area contributed by atoms with E-state index in [4.69, 9.17) is 11.6 Å². The fourth-order valence-corrected chi connectivity index (χ4v) is 5.44. The van der Waals surface area contributed by atoms with Crippen LogP contribution in [0.2, 0.25) is 5.02 Å². The van der Waals surface area contributed by atoms with Gasteiger partial charge in [-0.3, -0.25) is 4.90 Å². The molecule has 2 aromatic carbocycles. The van der Waals surface area contributed by atoms with Gasteiger partial charge in [0.05, 0.1) is 6.04 Å². The lowest BCUT2D eigenvalue weighted by Gasteiger charge is -2.48. The predicted octanol–water partition coefficient (Wildman–Crippen LogP) is 6.65. The van der Waals surface area contributed by atoms with Crippen molar-refractivity contribution in [3.8, 4) is 0 Å². The van der Waals surface area contributed by atoms with Gasteiger partial charge in [0.2, 0.25) is 0 Å². The standard InChI is InChI=1S/C22H29ClN2.C8H15N/c1-22(2,3)20-16-25(15-14-24(20)4)21(17-8-6-5-7-9-17)18-10-12-19(23)13-11-18;1-2-3-8-4-6-9-7-5-8/h5-13,20-21H,14-16H2,1-4H3;2,8-9H,1,3-7H2. The van der Waals surface area contributed by atoms with Gasteiger partial charge in [-0.25, -0.2) is 0 Å². The van der Waals surface area contributed by atoms with Crippen molar-refractivity contribution >= 4 is 11.6 Å². The van der Waals surface area contributed by atoms with Gasteiger partial charge in [-0.15, -0.1) is 6.58 Å². The summed E-state index contributed by atoms with van der Waals surface area (Å²) in [6.07, 6.45) is 5.93. The number of likely N-dealkylation sites (N-methyl/N-ethyl adjacent to an activating group) is 1. The van der Waals surface area contributed by atoms with Crippen LogP contribution in [0, 0.1) is 11.3 Å². The van der Waals surface area contributed by atoms with Crippen molar-refractivity contribution in [2.45, 2.75) is 52.1 Å². The Balaban J connectivity index is 0.000000302. The summed E-state index contributed by atoms with van der Waals surface area (Å²) in [7, 11) is 2.26. The fourth-order valence-electron chi connectivity index (χ4n) is 5.31. The number of piperazine rings is 1. The van der Waals surface area contributed by atoms with E-state index >= 15 is 0 Å². The van der Waals surface area contributed by atoms with Crippen LogP contribution in [0.4, 0.5) is 0 Å². The number of allylic oxidation sites excluding steroid dienone is 1. The summed E-state index contributed by atoms with van der Waals surface area (Å²) in [4.78, 5) is 5.15. The number of nitrogens with zero attached hydrogens (tertiary/aromatic N) is 2. The summed E-state index contributed by atoms with van der Waals surface area (Å²) >= 11 is 6.13. The van der Waals surface area contributed by atoms with E-state index in [-0.39, 0.29) is 11.5 Å². The lowest BCUT2D eigenvalue weighted by atomic mass is 9.83. The zero-order chi connectivity index (χ0) is 24.6. The molecule has 2 fully saturated rings. The first-order chi connectivity index (χ1) is 16.3. The molecule has 0 aliphatic carbocycles. The number of hydrogen-bond acceptors (Lipinski definition) is 3. The van der Waals surface area contributed by atoms with Crippen molar-refractivity contribution in [1.82, 2.24) is 15.1 Å². The van der Waals surface area contributed by atoms with Crippen molar-refractivity contribution in [2.24, 2.45) is 11.3 Å². The second-order valence-corrected chi connectivity index (χ2v) is 11.4. The third kappa shape index (κ3) is 7.68. The Bertz CT molecular complexity index is 853. The topological polar surface area (TPSA) is 18.5 Å². The minimum absolute atomic E-state index is 0.259. The molecule has 4 heteroatoms. The summed E-state index contributed by atoms with van der Waals surface area (Å²) in [6, 6.07) is 20.0. The summed E-state index contributed by atoms with van der Waals surface area (Å²) in [5.41, 5.74) is 2.92. The quantitative estimate of drug-likeness (QED) is 0.482. The molecule has 0 amide bonds. The molecule has 0 bridgehead atoms. The zero-order valence-corrected chi connectivity index (χ0v) is 22.4. The summed E-state index contributed by atoms with van der Waals surface area (Å²) in [6.45, 7) is 16.4. The van der Waals surface area contributed by atoms with Gasteiger partial charge in [-0.2, -0.15) is 0 Å². The van der Waals surface area contributed by atoms with Crippen LogP contribution in [-0.2, 0) is 0 Å². The van der Waals surface area contributed by atoms with E-state index in [1.54, 1.807) is 0 Å². The highest BCUT2D eigenvalue weighted by atomic mass is 35.5. The molecule has 1 N–H and O–H groups in total. The first-order valence-electron chi connectivity index (χ1n) is 12.9. The van der Waals surface area contributed by atoms with Gasteiger partial charge in [0, 0.05) is 30.7 Å². The third-order valence-corrected chi connectivity index (χ3v) is 7.56. The van der Waals surface area contributed by atoms with E-state index in [1.807, 2.05) is 18.2 Å². The summed E-state index contributed by atoms with van der Waals surface area (Å²) in [5, 5.41) is 4.13. The van der Waals surface area contributed by atoms with Crippen LogP contribution in [-0.4, -0.2) is 55.6 Å². The first-order valence-corrected chi connectivity index (χ1v) is 13.2. The lowest BCUT2D eigenvalue weighted by molar-refractivity contribution is 0.0205. The minimum atomic E-state index is 0.259. The first kappa shape index (κ1) is 26.9. The number of rotatable bonds is 5. The molecule has 2 heterocycles. The summed E-state index contributed by atoms with van der Waals surface area (Å²) < 4.78 is 0. The van der Waals surface area contributed by atoms with Crippen LogP contribution in [0.15, 0.2) is 67.3 Å². The van der Waals surface area contributed by atoms with E-state index in [1.165, 1.54) is 43.5 Å². The molecular weight excluding hydrogens is 438 g/mol. The number of hydrogen-bond donors (Lipinski definition) is 1. The number of piperidine rings is 1. The van der Waals surface area contributed by atoms with Gasteiger partial charge in [-0.1, -0.05) is 80.9 Å². The van der Waals surface area contributed by atoms with Crippen LogP contribution in [0.25, 0.3) is 0 Å². The zero-order valence-electron chi connectivity index (χ0n) is 21.6. The van der Waals surface area contributed by atoms with Crippen LogP contribution in [0.1, 0.15) is 57.2 Å². The van der Waals surface area contributed by atoms with Crippen molar-refractivity contribution in [3.05, 3.63) is 83.4 Å². The Morgan fingerprint density at radius 1 is 1.00 bits per heavy atom. The Morgan fingerprint density at radius 3 is 2.21 bits per heavy atom. The Hall–Kier alpha value is -1.65. The number of halogens is 1. The molecule has 186 valence electrons. The predicted molar refractivity (Wildman–Crippen MR) is 148 cm³/mol. The fraction of sp³-hybridized carbons (Fsp3) is 0.533. The highest BCUT2D eigenvalue weighted by molar-refractivity contribution is 6.30. The van der Waals surface area contributed by atoms with Gasteiger partial charge in [0.25, 0.3) is 0 Å². The van der Waals surface area contributed by atoms with Gasteiger partial charge >= 0.3 is 0 Å². The average Bonchev–Trinajstić information content (AvgIpc) is 2.83. The molecule has 2 saturated heterocycles. The maximum absolute atomic E-state index is 6.13. The van der Waals surface area contributed by atoms with Crippen molar-refractivity contribution in [1.29, 1.82) is 0 Å². The average molecular weight is 482 g/mol. The molecule has 0 aromatic heterocycles.